The molecule has 3 aromatic heterocycles. The van der Waals surface area contributed by atoms with E-state index in [1.165, 1.54) is 21.9 Å². The topological polar surface area (TPSA) is 51.6 Å². The van der Waals surface area contributed by atoms with Gasteiger partial charge in [0.15, 0.2) is 5.82 Å². The first kappa shape index (κ1) is 37.2. The Balaban J connectivity index is 1.04. The standard InChI is InChI=1S/C60H38N4/c1-4-15-53(50(12-1)39-18-22-42(23-19-39)60-63-32-9-33-64-60)47-36-48(54-16-5-2-13-51(54)43-26-28-56-45(34-43)24-20-40-10-7-30-61-58(40)56)38-49(37-47)55-17-6-3-14-52(55)44-27-29-57-46(35-44)25-21-41-11-8-31-62-59(41)57/h1-38H. The van der Waals surface area contributed by atoms with Gasteiger partial charge in [0.25, 0.3) is 0 Å². The van der Waals surface area contributed by atoms with Crippen molar-refractivity contribution in [2.75, 3.05) is 0 Å². The number of benzene rings is 9. The maximum Gasteiger partial charge on any atom is 0.159 e. The van der Waals surface area contributed by atoms with Crippen LogP contribution < -0.4 is 0 Å². The van der Waals surface area contributed by atoms with Crippen molar-refractivity contribution in [3.8, 4) is 78.1 Å². The second-order valence-corrected chi connectivity index (χ2v) is 16.2. The number of hydrogen-bond acceptors (Lipinski definition) is 4. The summed E-state index contributed by atoms with van der Waals surface area (Å²) in [6.07, 6.45) is 7.31. The van der Waals surface area contributed by atoms with Crippen LogP contribution in [0.2, 0.25) is 0 Å². The van der Waals surface area contributed by atoms with E-state index < -0.39 is 0 Å². The van der Waals surface area contributed by atoms with Crippen LogP contribution in [0.3, 0.4) is 0 Å². The van der Waals surface area contributed by atoms with Crippen LogP contribution in [0.5, 0.6) is 0 Å². The first-order valence-electron chi connectivity index (χ1n) is 21.6. The Kier molecular flexibility index (Phi) is 9.12. The third kappa shape index (κ3) is 6.66. The summed E-state index contributed by atoms with van der Waals surface area (Å²) in [4.78, 5) is 18.5. The molecule has 0 aliphatic rings. The first-order valence-corrected chi connectivity index (χ1v) is 21.6. The number of nitrogens with zero attached hydrogens (tertiary/aromatic N) is 4. The highest BCUT2D eigenvalue weighted by Crippen LogP contribution is 2.43. The first-order chi connectivity index (χ1) is 31.7. The molecule has 12 rings (SSSR count). The van der Waals surface area contributed by atoms with Gasteiger partial charge in [0.1, 0.15) is 0 Å². The Labute approximate surface area is 370 Å². The number of hydrogen-bond donors (Lipinski definition) is 0. The number of fused-ring (bicyclic) bond motifs is 6. The average molecular weight is 815 g/mol. The molecule has 12 aromatic rings. The zero-order chi connectivity index (χ0) is 42.4. The highest BCUT2D eigenvalue weighted by atomic mass is 14.8. The molecule has 0 atom stereocenters. The fraction of sp³-hybridized carbons (Fsp3) is 0. The van der Waals surface area contributed by atoms with Gasteiger partial charge in [-0.15, -0.1) is 0 Å². The Hall–Kier alpha value is -8.60. The quantitative estimate of drug-likeness (QED) is 0.150. The van der Waals surface area contributed by atoms with E-state index >= 15 is 0 Å². The third-order valence-electron chi connectivity index (χ3n) is 12.5. The molecule has 0 fully saturated rings. The zero-order valence-electron chi connectivity index (χ0n) is 34.7. The fourth-order valence-corrected chi connectivity index (χ4v) is 9.38. The lowest BCUT2D eigenvalue weighted by Gasteiger charge is -2.18. The molecule has 64 heavy (non-hydrogen) atoms. The van der Waals surface area contributed by atoms with Crippen molar-refractivity contribution < 1.29 is 0 Å². The van der Waals surface area contributed by atoms with Gasteiger partial charge in [-0.05, 0) is 126 Å². The van der Waals surface area contributed by atoms with E-state index in [0.717, 1.165) is 93.8 Å². The third-order valence-corrected chi connectivity index (χ3v) is 12.5. The molecule has 0 amide bonds. The summed E-state index contributed by atoms with van der Waals surface area (Å²) in [5, 5.41) is 6.92. The van der Waals surface area contributed by atoms with Crippen LogP contribution in [-0.4, -0.2) is 19.9 Å². The second-order valence-electron chi connectivity index (χ2n) is 16.2. The SMILES string of the molecule is c1cnc(-c2ccc(-c3ccccc3-c3cc(-c4ccccc4-c4ccc5c(ccc6cccnc65)c4)cc(-c4ccccc4-c4ccc5c(ccc6cccnc65)c4)c3)cc2)nc1. The second kappa shape index (κ2) is 15.7. The molecule has 9 aromatic carbocycles. The number of aromatic nitrogens is 4. The van der Waals surface area contributed by atoms with Crippen LogP contribution in [0.4, 0.5) is 0 Å². The lowest BCUT2D eigenvalue weighted by atomic mass is 9.86. The van der Waals surface area contributed by atoms with Crippen molar-refractivity contribution in [2.45, 2.75) is 0 Å². The van der Waals surface area contributed by atoms with Gasteiger partial charge in [-0.3, -0.25) is 9.97 Å². The maximum atomic E-state index is 4.75. The van der Waals surface area contributed by atoms with E-state index in [4.69, 9.17) is 9.97 Å². The highest BCUT2D eigenvalue weighted by Gasteiger charge is 2.17. The van der Waals surface area contributed by atoms with Gasteiger partial charge < -0.3 is 0 Å². The normalized spacial score (nSPS) is 11.4. The molecule has 0 radical (unpaired) electrons. The van der Waals surface area contributed by atoms with Gasteiger partial charge in [-0.25, -0.2) is 9.97 Å². The lowest BCUT2D eigenvalue weighted by Crippen LogP contribution is -1.92. The van der Waals surface area contributed by atoms with Crippen LogP contribution in [0.1, 0.15) is 0 Å². The van der Waals surface area contributed by atoms with Crippen molar-refractivity contribution in [1.82, 2.24) is 19.9 Å². The predicted molar refractivity (Wildman–Crippen MR) is 266 cm³/mol. The molecular weight excluding hydrogens is 777 g/mol. The largest absolute Gasteiger partial charge is 0.256 e. The number of pyridine rings is 2. The van der Waals surface area contributed by atoms with Crippen LogP contribution >= 0.6 is 0 Å². The number of rotatable bonds is 7. The van der Waals surface area contributed by atoms with Gasteiger partial charge in [0.2, 0.25) is 0 Å². The summed E-state index contributed by atoms with van der Waals surface area (Å²) in [6.45, 7) is 0. The minimum atomic E-state index is 0.713. The molecule has 3 heterocycles. The van der Waals surface area contributed by atoms with Crippen molar-refractivity contribution in [1.29, 1.82) is 0 Å². The Bertz CT molecular complexity index is 3550. The van der Waals surface area contributed by atoms with Crippen LogP contribution in [0, 0.1) is 0 Å². The summed E-state index contributed by atoms with van der Waals surface area (Å²) in [5.74, 6) is 0.713. The molecule has 0 spiro atoms. The van der Waals surface area contributed by atoms with Crippen molar-refractivity contribution in [2.24, 2.45) is 0 Å². The summed E-state index contributed by atoms with van der Waals surface area (Å²) >= 11 is 0. The Morgan fingerprint density at radius 3 is 1.03 bits per heavy atom. The van der Waals surface area contributed by atoms with E-state index in [9.17, 15) is 0 Å². The maximum absolute atomic E-state index is 4.75. The van der Waals surface area contributed by atoms with E-state index in [2.05, 4.69) is 198 Å². The fourth-order valence-electron chi connectivity index (χ4n) is 9.38. The van der Waals surface area contributed by atoms with Crippen molar-refractivity contribution >= 4 is 43.4 Å². The van der Waals surface area contributed by atoms with Crippen molar-refractivity contribution in [3.63, 3.8) is 0 Å². The molecule has 0 unspecified atom stereocenters. The lowest BCUT2D eigenvalue weighted by molar-refractivity contribution is 1.18. The Morgan fingerprint density at radius 1 is 0.219 bits per heavy atom. The zero-order valence-corrected chi connectivity index (χ0v) is 34.7. The predicted octanol–water partition coefficient (Wildman–Crippen LogP) is 15.5. The van der Waals surface area contributed by atoms with Gasteiger partial charge >= 0.3 is 0 Å². The summed E-state index contributed by atoms with van der Waals surface area (Å²) in [5.41, 5.74) is 16.9. The Morgan fingerprint density at radius 2 is 0.578 bits per heavy atom. The minimum absolute atomic E-state index is 0.713. The summed E-state index contributed by atoms with van der Waals surface area (Å²) in [7, 11) is 0. The van der Waals surface area contributed by atoms with E-state index in [-0.39, 0.29) is 0 Å². The molecule has 298 valence electrons. The average Bonchev–Trinajstić information content (AvgIpc) is 3.38. The van der Waals surface area contributed by atoms with Gasteiger partial charge in [-0.2, -0.15) is 0 Å². The van der Waals surface area contributed by atoms with E-state index in [0.29, 0.717) is 5.82 Å². The molecule has 0 saturated heterocycles. The smallest absolute Gasteiger partial charge is 0.159 e. The van der Waals surface area contributed by atoms with Crippen LogP contribution in [0.15, 0.2) is 231 Å². The van der Waals surface area contributed by atoms with Crippen molar-refractivity contribution in [3.05, 3.63) is 231 Å². The van der Waals surface area contributed by atoms with E-state index in [1.54, 1.807) is 12.4 Å². The summed E-state index contributed by atoms with van der Waals surface area (Å²) in [6, 6.07) is 74.4. The van der Waals surface area contributed by atoms with Crippen LogP contribution in [0.25, 0.3) is 122 Å². The molecular formula is C60H38N4. The summed E-state index contributed by atoms with van der Waals surface area (Å²) < 4.78 is 0. The molecule has 0 N–H and O–H groups in total. The molecule has 4 heteroatoms. The molecule has 0 saturated carbocycles. The molecule has 0 aliphatic carbocycles. The van der Waals surface area contributed by atoms with Gasteiger partial charge in [0, 0.05) is 51.9 Å². The van der Waals surface area contributed by atoms with E-state index in [1.807, 2.05) is 30.6 Å². The molecule has 0 bridgehead atoms. The van der Waals surface area contributed by atoms with Crippen LogP contribution in [-0.2, 0) is 0 Å². The minimum Gasteiger partial charge on any atom is -0.256 e. The highest BCUT2D eigenvalue weighted by molar-refractivity contribution is 6.08. The molecule has 0 aliphatic heterocycles. The monoisotopic (exact) mass is 814 g/mol. The van der Waals surface area contributed by atoms with Gasteiger partial charge in [0.05, 0.1) is 11.0 Å². The molecule has 4 nitrogen and oxygen atoms in total. The van der Waals surface area contributed by atoms with Gasteiger partial charge in [-0.1, -0.05) is 158 Å².